The van der Waals surface area contributed by atoms with Gasteiger partial charge in [-0.1, -0.05) is 26.0 Å². The lowest BCUT2D eigenvalue weighted by atomic mass is 10.1. The quantitative estimate of drug-likeness (QED) is 0.549. The largest absolute Gasteiger partial charge is 0.352 e. The first-order valence-corrected chi connectivity index (χ1v) is 11.0. The number of aryl methyl sites for hydroxylation is 1. The second-order valence-corrected chi connectivity index (χ2v) is 8.45. The van der Waals surface area contributed by atoms with Gasteiger partial charge in [0.25, 0.3) is 0 Å². The summed E-state index contributed by atoms with van der Waals surface area (Å²) in [7, 11) is 5.77. The molecular weight excluding hydrogens is 390 g/mol. The molecule has 0 spiro atoms. The normalized spacial score (nSPS) is 14.3. The van der Waals surface area contributed by atoms with Crippen LogP contribution in [0.2, 0.25) is 0 Å². The van der Waals surface area contributed by atoms with Crippen molar-refractivity contribution < 1.29 is 4.79 Å². The van der Waals surface area contributed by atoms with Gasteiger partial charge in [0.2, 0.25) is 0 Å². The summed E-state index contributed by atoms with van der Waals surface area (Å²) in [5.41, 5.74) is 4.22. The summed E-state index contributed by atoms with van der Waals surface area (Å²) in [5.74, 6) is 1.18. The number of anilines is 1. The Hall–Kier alpha value is -3.03. The lowest BCUT2D eigenvalue weighted by molar-refractivity contribution is 0.222. The smallest absolute Gasteiger partial charge is 0.321 e. The Balaban J connectivity index is 1.58. The van der Waals surface area contributed by atoms with Gasteiger partial charge >= 0.3 is 6.03 Å². The van der Waals surface area contributed by atoms with Gasteiger partial charge in [0.05, 0.1) is 5.69 Å². The number of hydrogen-bond acceptors (Lipinski definition) is 3. The second kappa shape index (κ2) is 10.3. The maximum absolute atomic E-state index is 12.3. The molecule has 1 aliphatic heterocycles. The number of guanidine groups is 1. The van der Waals surface area contributed by atoms with E-state index in [1.54, 1.807) is 7.05 Å². The fraction of sp³-hybridized carbons (Fsp3) is 0.522. The maximum Gasteiger partial charge on any atom is 0.321 e. The van der Waals surface area contributed by atoms with Gasteiger partial charge in [-0.2, -0.15) is 5.10 Å². The van der Waals surface area contributed by atoms with Crippen molar-refractivity contribution in [2.75, 3.05) is 32.5 Å². The topological polar surface area (TPSA) is 77.8 Å². The molecule has 2 heterocycles. The highest BCUT2D eigenvalue weighted by Gasteiger charge is 2.18. The molecule has 1 fully saturated rings. The Morgan fingerprint density at radius 3 is 2.71 bits per heavy atom. The molecule has 2 amide bonds. The number of nitrogens with one attached hydrogen (secondary N) is 2. The molecule has 2 aromatic rings. The summed E-state index contributed by atoms with van der Waals surface area (Å²) in [6.07, 6.45) is 4.25. The molecule has 0 radical (unpaired) electrons. The monoisotopic (exact) mass is 425 g/mol. The number of nitrogens with zero attached hydrogens (tertiary/aromatic N) is 5. The van der Waals surface area contributed by atoms with Crippen molar-refractivity contribution in [3.05, 3.63) is 47.3 Å². The zero-order valence-electron chi connectivity index (χ0n) is 19.4. The average molecular weight is 426 g/mol. The van der Waals surface area contributed by atoms with Crippen LogP contribution in [0.15, 0.2) is 35.5 Å². The molecule has 8 heteroatoms. The zero-order valence-corrected chi connectivity index (χ0v) is 19.4. The van der Waals surface area contributed by atoms with Crippen LogP contribution in [0.1, 0.15) is 49.4 Å². The lowest BCUT2D eigenvalue weighted by Crippen LogP contribution is -2.38. The van der Waals surface area contributed by atoms with E-state index >= 15 is 0 Å². The van der Waals surface area contributed by atoms with Crippen LogP contribution in [0, 0.1) is 0 Å². The minimum Gasteiger partial charge on any atom is -0.352 e. The highest BCUT2D eigenvalue weighted by atomic mass is 16.2. The molecule has 1 aliphatic rings. The van der Waals surface area contributed by atoms with Crippen molar-refractivity contribution in [1.82, 2.24) is 24.9 Å². The van der Waals surface area contributed by atoms with Crippen LogP contribution < -0.4 is 10.6 Å². The van der Waals surface area contributed by atoms with Crippen molar-refractivity contribution in [2.45, 2.75) is 45.7 Å². The third-order valence-corrected chi connectivity index (χ3v) is 5.49. The summed E-state index contributed by atoms with van der Waals surface area (Å²) in [6, 6.07) is 7.92. The highest BCUT2D eigenvalue weighted by molar-refractivity contribution is 5.89. The van der Waals surface area contributed by atoms with Gasteiger partial charge in [-0.25, -0.2) is 4.79 Å². The summed E-state index contributed by atoms with van der Waals surface area (Å²) in [4.78, 5) is 20.7. The molecule has 3 rings (SSSR count). The van der Waals surface area contributed by atoms with Crippen molar-refractivity contribution in [3.63, 3.8) is 0 Å². The van der Waals surface area contributed by atoms with E-state index in [9.17, 15) is 4.79 Å². The maximum atomic E-state index is 12.3. The molecule has 1 aromatic heterocycles. The lowest BCUT2D eigenvalue weighted by Gasteiger charge is -2.22. The van der Waals surface area contributed by atoms with Crippen molar-refractivity contribution in [2.24, 2.45) is 12.0 Å². The van der Waals surface area contributed by atoms with E-state index in [0.29, 0.717) is 12.5 Å². The van der Waals surface area contributed by atoms with E-state index in [4.69, 9.17) is 0 Å². The Morgan fingerprint density at radius 1 is 1.29 bits per heavy atom. The predicted octanol–water partition coefficient (Wildman–Crippen LogP) is 3.38. The number of carbonyl (C=O) groups excluding carboxylic acids is 1. The Bertz CT molecular complexity index is 912. The van der Waals surface area contributed by atoms with Gasteiger partial charge in [-0.3, -0.25) is 9.67 Å². The van der Waals surface area contributed by atoms with E-state index in [1.165, 1.54) is 5.56 Å². The zero-order chi connectivity index (χ0) is 22.4. The molecule has 0 aliphatic carbocycles. The first-order valence-electron chi connectivity index (χ1n) is 11.0. The predicted molar refractivity (Wildman–Crippen MR) is 125 cm³/mol. The Kier molecular flexibility index (Phi) is 7.55. The number of likely N-dealkylation sites (tertiary alicyclic amines) is 1. The van der Waals surface area contributed by atoms with Crippen LogP contribution >= 0.6 is 0 Å². The molecule has 1 saturated heterocycles. The van der Waals surface area contributed by atoms with E-state index in [1.807, 2.05) is 47.9 Å². The molecule has 1 aromatic carbocycles. The number of benzene rings is 1. The number of aliphatic imine (C=N–C) groups is 1. The van der Waals surface area contributed by atoms with Crippen LogP contribution in [0.25, 0.3) is 0 Å². The summed E-state index contributed by atoms with van der Waals surface area (Å²) < 4.78 is 1.87. The third-order valence-electron chi connectivity index (χ3n) is 5.49. The molecular formula is C23H35N7O. The minimum atomic E-state index is -0.0180. The van der Waals surface area contributed by atoms with Gasteiger partial charge in [0.15, 0.2) is 5.96 Å². The van der Waals surface area contributed by atoms with Gasteiger partial charge in [-0.15, -0.1) is 0 Å². The minimum absolute atomic E-state index is 0.0180. The fourth-order valence-corrected chi connectivity index (χ4v) is 3.94. The fourth-order valence-electron chi connectivity index (χ4n) is 3.94. The van der Waals surface area contributed by atoms with Gasteiger partial charge in [0, 0.05) is 64.8 Å². The first-order chi connectivity index (χ1) is 14.9. The Morgan fingerprint density at radius 2 is 2.03 bits per heavy atom. The Labute approximate surface area is 185 Å². The molecule has 8 nitrogen and oxygen atoms in total. The molecule has 0 saturated carbocycles. The second-order valence-electron chi connectivity index (χ2n) is 8.45. The molecule has 0 unspecified atom stereocenters. The van der Waals surface area contributed by atoms with Crippen LogP contribution in [0.4, 0.5) is 10.5 Å². The van der Waals surface area contributed by atoms with Crippen molar-refractivity contribution >= 4 is 17.7 Å². The van der Waals surface area contributed by atoms with Crippen LogP contribution in [0.3, 0.4) is 0 Å². The number of carbonyl (C=O) groups is 1. The SMILES string of the molecule is CN=C(NCc1cccc(NC(=O)N2CCCC2)c1)N(C)Cc1cn(C)nc1C(C)C. The van der Waals surface area contributed by atoms with Crippen LogP contribution in [-0.4, -0.2) is 58.8 Å². The van der Waals surface area contributed by atoms with E-state index in [2.05, 4.69) is 45.7 Å². The molecule has 168 valence electrons. The van der Waals surface area contributed by atoms with Gasteiger partial charge in [-0.05, 0) is 36.5 Å². The molecule has 2 N–H and O–H groups in total. The number of amides is 2. The van der Waals surface area contributed by atoms with Crippen molar-refractivity contribution in [3.8, 4) is 0 Å². The van der Waals surface area contributed by atoms with E-state index < -0.39 is 0 Å². The highest BCUT2D eigenvalue weighted by Crippen LogP contribution is 2.19. The molecule has 0 bridgehead atoms. The number of aromatic nitrogens is 2. The van der Waals surface area contributed by atoms with Gasteiger partial charge in [0.1, 0.15) is 0 Å². The number of urea groups is 1. The average Bonchev–Trinajstić information content (AvgIpc) is 3.39. The first kappa shape index (κ1) is 22.7. The summed E-state index contributed by atoms with van der Waals surface area (Å²) in [5, 5.41) is 11.0. The van der Waals surface area contributed by atoms with Crippen LogP contribution in [0.5, 0.6) is 0 Å². The van der Waals surface area contributed by atoms with Crippen LogP contribution in [-0.2, 0) is 20.1 Å². The summed E-state index contributed by atoms with van der Waals surface area (Å²) >= 11 is 0. The summed E-state index contributed by atoms with van der Waals surface area (Å²) in [6.45, 7) is 7.35. The van der Waals surface area contributed by atoms with Crippen molar-refractivity contribution in [1.29, 1.82) is 0 Å². The van der Waals surface area contributed by atoms with E-state index in [0.717, 1.165) is 55.4 Å². The number of hydrogen-bond donors (Lipinski definition) is 2. The third kappa shape index (κ3) is 5.99. The van der Waals surface area contributed by atoms with Gasteiger partial charge < -0.3 is 20.4 Å². The molecule has 31 heavy (non-hydrogen) atoms. The van der Waals surface area contributed by atoms with E-state index in [-0.39, 0.29) is 6.03 Å². The standard InChI is InChI=1S/C23H35N7O/c1-17(2)21-19(16-29(5)27-21)15-28(4)22(24-3)25-14-18-9-8-10-20(13-18)26-23(31)30-11-6-7-12-30/h8-10,13,16-17H,6-7,11-12,14-15H2,1-5H3,(H,24,25)(H,26,31). The number of rotatable bonds is 6. The molecule has 0 atom stereocenters.